The molecule has 27 heavy (non-hydrogen) atoms. The summed E-state index contributed by atoms with van der Waals surface area (Å²) in [5.74, 6) is -0.293. The fourth-order valence-corrected chi connectivity index (χ4v) is 6.57. The molecule has 1 aliphatic heterocycles. The molecular weight excluding hydrogens is 398 g/mol. The van der Waals surface area contributed by atoms with E-state index in [9.17, 15) is 13.2 Å². The molecule has 0 saturated carbocycles. The Kier molecular flexibility index (Phi) is 4.84. The maximum Gasteiger partial charge on any atom is 0.225 e. The first-order valence-electron chi connectivity index (χ1n) is 8.36. The van der Waals surface area contributed by atoms with Gasteiger partial charge in [-0.05, 0) is 36.1 Å². The van der Waals surface area contributed by atoms with E-state index in [0.29, 0.717) is 12.1 Å². The van der Waals surface area contributed by atoms with Crippen LogP contribution >= 0.6 is 23.1 Å². The molecule has 1 atom stereocenters. The lowest BCUT2D eigenvalue weighted by Crippen LogP contribution is -2.23. The van der Waals surface area contributed by atoms with Crippen molar-refractivity contribution in [3.05, 3.63) is 70.4 Å². The minimum Gasteiger partial charge on any atom is -0.324 e. The summed E-state index contributed by atoms with van der Waals surface area (Å²) in [5, 5.41) is 4.44. The van der Waals surface area contributed by atoms with Crippen LogP contribution in [0.4, 0.5) is 5.69 Å². The van der Waals surface area contributed by atoms with Gasteiger partial charge in [-0.3, -0.25) is 4.79 Å². The molecule has 3 aromatic rings. The lowest BCUT2D eigenvalue weighted by Gasteiger charge is -2.24. The van der Waals surface area contributed by atoms with Crippen molar-refractivity contribution in [1.82, 2.24) is 0 Å². The highest BCUT2D eigenvalue weighted by Crippen LogP contribution is 2.45. The molecule has 7 heteroatoms. The van der Waals surface area contributed by atoms with Crippen molar-refractivity contribution in [2.45, 2.75) is 27.0 Å². The highest BCUT2D eigenvalue weighted by Gasteiger charge is 2.34. The van der Waals surface area contributed by atoms with Crippen LogP contribution in [0.2, 0.25) is 0 Å². The summed E-state index contributed by atoms with van der Waals surface area (Å²) in [5.41, 5.74) is 1.45. The van der Waals surface area contributed by atoms with Gasteiger partial charge in [-0.2, -0.15) is 0 Å². The van der Waals surface area contributed by atoms with Gasteiger partial charge in [0.15, 0.2) is 0 Å². The molecule has 0 unspecified atom stereocenters. The molecule has 2 heterocycles. The largest absolute Gasteiger partial charge is 0.324 e. The number of sulfone groups is 1. The van der Waals surface area contributed by atoms with E-state index in [1.165, 1.54) is 11.3 Å². The van der Waals surface area contributed by atoms with Crippen LogP contribution < -0.4 is 5.32 Å². The average molecular weight is 416 g/mol. The summed E-state index contributed by atoms with van der Waals surface area (Å²) >= 11 is 3.05. The third-order valence-electron chi connectivity index (χ3n) is 4.62. The number of thioether (sulfide) groups is 1. The van der Waals surface area contributed by atoms with Crippen molar-refractivity contribution in [1.29, 1.82) is 0 Å². The van der Waals surface area contributed by atoms with Crippen molar-refractivity contribution in [3.63, 3.8) is 0 Å². The minimum absolute atomic E-state index is 0.130. The average Bonchev–Trinajstić information content (AvgIpc) is 3.12. The maximum absolute atomic E-state index is 13.1. The third-order valence-corrected chi connectivity index (χ3v) is 8.40. The van der Waals surface area contributed by atoms with E-state index in [1.54, 1.807) is 47.5 Å². The Hall–Kier alpha value is -2.09. The minimum atomic E-state index is -3.68. The number of carbonyl (C=O) groups is 1. The van der Waals surface area contributed by atoms with Gasteiger partial charge >= 0.3 is 0 Å². The summed E-state index contributed by atoms with van der Waals surface area (Å²) in [4.78, 5) is 14.8. The Morgan fingerprint density at radius 2 is 1.78 bits per heavy atom. The Labute approximate surface area is 166 Å². The molecule has 0 bridgehead atoms. The molecule has 0 radical (unpaired) electrons. The van der Waals surface area contributed by atoms with Crippen LogP contribution in [-0.2, 0) is 14.6 Å². The highest BCUT2D eigenvalue weighted by atomic mass is 32.2. The molecule has 0 saturated heterocycles. The Morgan fingerprint density at radius 3 is 2.44 bits per heavy atom. The molecule has 0 aliphatic carbocycles. The zero-order valence-electron chi connectivity index (χ0n) is 14.5. The molecule has 1 amide bonds. The van der Waals surface area contributed by atoms with Gasteiger partial charge in [-0.15, -0.1) is 23.1 Å². The molecule has 1 aromatic heterocycles. The van der Waals surface area contributed by atoms with Gasteiger partial charge in [0, 0.05) is 27.5 Å². The number of carbonyl (C=O) groups excluding carboxylic acids is 1. The number of hydrogen-bond acceptors (Lipinski definition) is 5. The van der Waals surface area contributed by atoms with E-state index >= 15 is 0 Å². The molecule has 1 N–H and O–H groups in total. The molecule has 4 nitrogen and oxygen atoms in total. The molecule has 0 spiro atoms. The van der Waals surface area contributed by atoms with E-state index < -0.39 is 9.84 Å². The first-order valence-corrected chi connectivity index (χ1v) is 11.9. The second-order valence-electron chi connectivity index (χ2n) is 6.23. The second kappa shape index (κ2) is 7.14. The standard InChI is InChI=1S/C20H17NO3S3/c1-25-14-9-7-13(8-10-14)16-11-18(22)21-19-17(12-26-20(16)19)27(23,24)15-5-3-2-4-6-15/h2-10,12,16H,11H2,1H3,(H,21,22)/t16-/m1/s1. The van der Waals surface area contributed by atoms with Crippen LogP contribution in [0.25, 0.3) is 0 Å². The van der Waals surface area contributed by atoms with Crippen molar-refractivity contribution in [2.24, 2.45) is 0 Å². The van der Waals surface area contributed by atoms with Gasteiger partial charge in [0.05, 0.1) is 10.6 Å². The first kappa shape index (κ1) is 18.3. The number of fused-ring (bicyclic) bond motifs is 1. The SMILES string of the molecule is CSc1ccc([C@H]2CC(=O)Nc3c(S(=O)(=O)c4ccccc4)csc32)cc1. The Balaban J connectivity index is 1.80. The molecule has 4 rings (SSSR count). The van der Waals surface area contributed by atoms with E-state index in [-0.39, 0.29) is 21.6 Å². The fourth-order valence-electron chi connectivity index (χ4n) is 3.23. The van der Waals surface area contributed by atoms with Gasteiger partial charge in [0.1, 0.15) is 4.90 Å². The number of anilines is 1. The van der Waals surface area contributed by atoms with E-state index in [2.05, 4.69) is 5.32 Å². The zero-order valence-corrected chi connectivity index (χ0v) is 17.0. The zero-order chi connectivity index (χ0) is 19.0. The predicted molar refractivity (Wildman–Crippen MR) is 110 cm³/mol. The van der Waals surface area contributed by atoms with Crippen LogP contribution in [0.1, 0.15) is 22.8 Å². The van der Waals surface area contributed by atoms with Gasteiger partial charge < -0.3 is 5.32 Å². The molecule has 2 aromatic carbocycles. The number of nitrogens with one attached hydrogen (secondary N) is 1. The number of benzene rings is 2. The van der Waals surface area contributed by atoms with Crippen LogP contribution in [0.3, 0.4) is 0 Å². The Morgan fingerprint density at radius 1 is 1.07 bits per heavy atom. The van der Waals surface area contributed by atoms with Crippen molar-refractivity contribution in [3.8, 4) is 0 Å². The van der Waals surface area contributed by atoms with Gasteiger partial charge in [-0.1, -0.05) is 30.3 Å². The summed E-state index contributed by atoms with van der Waals surface area (Å²) in [6.45, 7) is 0. The maximum atomic E-state index is 13.1. The van der Waals surface area contributed by atoms with E-state index in [1.807, 2.05) is 30.5 Å². The molecule has 1 aliphatic rings. The summed E-state index contributed by atoms with van der Waals surface area (Å²) in [6.07, 6.45) is 2.33. The topological polar surface area (TPSA) is 63.2 Å². The predicted octanol–water partition coefficient (Wildman–Crippen LogP) is 4.78. The summed E-state index contributed by atoms with van der Waals surface area (Å²) in [7, 11) is -3.68. The van der Waals surface area contributed by atoms with Crippen LogP contribution in [-0.4, -0.2) is 20.6 Å². The van der Waals surface area contributed by atoms with Crippen molar-refractivity contribution >= 4 is 44.5 Å². The van der Waals surface area contributed by atoms with Crippen LogP contribution in [0.15, 0.2) is 74.7 Å². The lowest BCUT2D eigenvalue weighted by molar-refractivity contribution is -0.116. The summed E-state index contributed by atoms with van der Waals surface area (Å²) < 4.78 is 26.1. The third kappa shape index (κ3) is 3.31. The molecule has 0 fully saturated rings. The first-order chi connectivity index (χ1) is 13.0. The van der Waals surface area contributed by atoms with Gasteiger partial charge in [0.2, 0.25) is 15.7 Å². The number of amides is 1. The number of hydrogen-bond donors (Lipinski definition) is 1. The number of rotatable bonds is 4. The van der Waals surface area contributed by atoms with E-state index in [0.717, 1.165) is 15.3 Å². The van der Waals surface area contributed by atoms with Crippen LogP contribution in [0, 0.1) is 0 Å². The Bertz CT molecular complexity index is 1090. The fraction of sp³-hybridized carbons (Fsp3) is 0.150. The lowest BCUT2D eigenvalue weighted by atomic mass is 9.91. The smallest absolute Gasteiger partial charge is 0.225 e. The van der Waals surface area contributed by atoms with Crippen LogP contribution in [0.5, 0.6) is 0 Å². The number of thiophene rings is 1. The van der Waals surface area contributed by atoms with Gasteiger partial charge in [-0.25, -0.2) is 8.42 Å². The van der Waals surface area contributed by atoms with Crippen molar-refractivity contribution < 1.29 is 13.2 Å². The molecule has 138 valence electrons. The second-order valence-corrected chi connectivity index (χ2v) is 9.94. The van der Waals surface area contributed by atoms with Crippen molar-refractivity contribution in [2.75, 3.05) is 11.6 Å². The summed E-state index contributed by atoms with van der Waals surface area (Å²) in [6, 6.07) is 16.4. The monoisotopic (exact) mass is 415 g/mol. The van der Waals surface area contributed by atoms with Gasteiger partial charge in [0.25, 0.3) is 0 Å². The highest BCUT2D eigenvalue weighted by molar-refractivity contribution is 7.98. The quantitative estimate of drug-likeness (QED) is 0.623. The van der Waals surface area contributed by atoms with E-state index in [4.69, 9.17) is 0 Å². The normalized spacial score (nSPS) is 16.6. The molecular formula is C20H17NO3S3.